The topological polar surface area (TPSA) is 151 Å². The number of nitrogens with two attached hydrogens (primary N) is 1. The average molecular weight is 501 g/mol. The van der Waals surface area contributed by atoms with Crippen LogP contribution in [0, 0.1) is 5.41 Å². The van der Waals surface area contributed by atoms with Crippen LogP contribution in [0.15, 0.2) is 30.6 Å². The molecule has 1 aromatic heterocycles. The number of alkyl halides is 3. The van der Waals surface area contributed by atoms with Crippen LogP contribution in [0.3, 0.4) is 0 Å². The van der Waals surface area contributed by atoms with Gasteiger partial charge in [0, 0.05) is 12.7 Å². The van der Waals surface area contributed by atoms with Gasteiger partial charge in [0.1, 0.15) is 5.69 Å². The molecule has 1 atom stereocenters. The van der Waals surface area contributed by atoms with Crippen molar-refractivity contribution < 1.29 is 31.1 Å². The van der Waals surface area contributed by atoms with Gasteiger partial charge in [-0.25, -0.2) is 22.7 Å². The molecule has 1 aliphatic carbocycles. The van der Waals surface area contributed by atoms with Gasteiger partial charge in [0.2, 0.25) is 21.9 Å². The van der Waals surface area contributed by atoms with Gasteiger partial charge in [0.25, 0.3) is 5.91 Å². The molecule has 0 saturated heterocycles. The monoisotopic (exact) mass is 500 g/mol. The number of carbonyl (C=O) groups is 1. The third-order valence-electron chi connectivity index (χ3n) is 5.26. The fourth-order valence-corrected chi connectivity index (χ4v) is 4.90. The van der Waals surface area contributed by atoms with Crippen LogP contribution in [0.1, 0.15) is 40.4 Å². The summed E-state index contributed by atoms with van der Waals surface area (Å²) in [4.78, 5) is 19.9. The van der Waals surface area contributed by atoms with Crippen LogP contribution in [0.4, 0.5) is 18.9 Å². The fraction of sp³-hybridized carbons (Fsp3) is 0.400. The maximum Gasteiger partial charge on any atom is 0.422 e. The van der Waals surface area contributed by atoms with Crippen LogP contribution in [-0.2, 0) is 16.4 Å². The van der Waals surface area contributed by atoms with Crippen LogP contribution in [0.5, 0.6) is 5.88 Å². The highest BCUT2D eigenvalue weighted by atomic mass is 32.2. The van der Waals surface area contributed by atoms with Crippen molar-refractivity contribution in [3.8, 4) is 5.88 Å². The number of aromatic nitrogens is 2. The molecule has 1 aromatic carbocycles. The highest BCUT2D eigenvalue weighted by Crippen LogP contribution is 2.35. The number of benzene rings is 1. The first-order chi connectivity index (χ1) is 15.9. The Kier molecular flexibility index (Phi) is 7.29. The number of guanidine groups is 1. The second kappa shape index (κ2) is 9.83. The minimum Gasteiger partial charge on any atom is -0.467 e. The van der Waals surface area contributed by atoms with Crippen LogP contribution in [0.25, 0.3) is 0 Å². The van der Waals surface area contributed by atoms with E-state index in [9.17, 15) is 26.4 Å². The predicted octanol–water partition coefficient (Wildman–Crippen LogP) is 2.24. The SMILES string of the molecule is CN(C(=N)N)S(=O)(=O)CC1CCCc2ccc(NC(=O)c3cnc(OCC(F)(F)F)cn3)cc21. The van der Waals surface area contributed by atoms with Gasteiger partial charge < -0.3 is 15.8 Å². The molecular weight excluding hydrogens is 477 g/mol. The molecule has 0 radical (unpaired) electrons. The maximum atomic E-state index is 12.6. The highest BCUT2D eigenvalue weighted by molar-refractivity contribution is 7.89. The molecule has 0 fully saturated rings. The Morgan fingerprint density at radius 3 is 2.68 bits per heavy atom. The Bertz CT molecular complexity index is 1170. The van der Waals surface area contributed by atoms with Crippen LogP contribution in [-0.4, -0.2) is 60.1 Å². The van der Waals surface area contributed by atoms with E-state index in [4.69, 9.17) is 11.1 Å². The van der Waals surface area contributed by atoms with Crippen molar-refractivity contribution in [3.05, 3.63) is 47.4 Å². The van der Waals surface area contributed by atoms with Crippen molar-refractivity contribution in [2.75, 3.05) is 24.7 Å². The molecule has 10 nitrogen and oxygen atoms in total. The van der Waals surface area contributed by atoms with E-state index in [0.29, 0.717) is 12.1 Å². The van der Waals surface area contributed by atoms with Crippen LogP contribution >= 0.6 is 0 Å². The number of hydrogen-bond donors (Lipinski definition) is 3. The summed E-state index contributed by atoms with van der Waals surface area (Å²) in [6.07, 6.45) is -0.454. The third kappa shape index (κ3) is 6.34. The summed E-state index contributed by atoms with van der Waals surface area (Å²) in [7, 11) is -2.58. The Labute approximate surface area is 193 Å². The van der Waals surface area contributed by atoms with Crippen molar-refractivity contribution in [1.29, 1.82) is 5.41 Å². The largest absolute Gasteiger partial charge is 0.467 e. The number of nitrogens with zero attached hydrogens (tertiary/aromatic N) is 3. The molecule has 1 aliphatic rings. The molecule has 0 saturated carbocycles. The first-order valence-electron chi connectivity index (χ1n) is 10.1. The second-order valence-corrected chi connectivity index (χ2v) is 9.78. The van der Waals surface area contributed by atoms with Crippen LogP contribution < -0.4 is 15.8 Å². The van der Waals surface area contributed by atoms with E-state index in [1.807, 2.05) is 0 Å². The highest BCUT2D eigenvalue weighted by Gasteiger charge is 2.30. The van der Waals surface area contributed by atoms with Crippen molar-refractivity contribution in [1.82, 2.24) is 14.3 Å². The summed E-state index contributed by atoms with van der Waals surface area (Å²) in [5.41, 5.74) is 7.30. The van der Waals surface area contributed by atoms with Gasteiger partial charge in [-0.05, 0) is 48.4 Å². The molecule has 1 unspecified atom stereocenters. The molecule has 184 valence electrons. The molecule has 0 spiro atoms. The molecule has 3 rings (SSSR count). The van der Waals surface area contributed by atoms with E-state index in [-0.39, 0.29) is 23.2 Å². The lowest BCUT2D eigenvalue weighted by Crippen LogP contribution is -2.40. The molecular formula is C20H23F3N6O4S. The second-order valence-electron chi connectivity index (χ2n) is 7.73. The Morgan fingerprint density at radius 2 is 2.06 bits per heavy atom. The third-order valence-corrected chi connectivity index (χ3v) is 7.11. The zero-order chi connectivity index (χ0) is 25.1. The standard InChI is InChI=1S/C20H23F3N6O4S/c1-29(19(24)25)34(31,32)10-13-4-2-3-12-5-6-14(7-15(12)13)28-18(30)16-8-27-17(9-26-16)33-11-20(21,22)23/h5-9,13H,2-4,10-11H2,1H3,(H3,24,25)(H,28,30). The normalized spacial score (nSPS) is 15.8. The average Bonchev–Trinajstić information content (AvgIpc) is 2.77. The van der Waals surface area contributed by atoms with Crippen molar-refractivity contribution in [3.63, 3.8) is 0 Å². The zero-order valence-electron chi connectivity index (χ0n) is 18.1. The first kappa shape index (κ1) is 25.2. The lowest BCUT2D eigenvalue weighted by molar-refractivity contribution is -0.154. The molecule has 2 aromatic rings. The summed E-state index contributed by atoms with van der Waals surface area (Å²) in [6.45, 7) is -1.53. The number of anilines is 1. The lowest BCUT2D eigenvalue weighted by atomic mass is 9.83. The number of hydrogen-bond acceptors (Lipinski definition) is 7. The lowest BCUT2D eigenvalue weighted by Gasteiger charge is -2.28. The quantitative estimate of drug-likeness (QED) is 0.390. The molecule has 14 heteroatoms. The molecule has 1 amide bonds. The summed E-state index contributed by atoms with van der Waals surface area (Å²) in [6, 6.07) is 5.16. The minimum atomic E-state index is -4.52. The zero-order valence-corrected chi connectivity index (χ0v) is 18.9. The first-order valence-corrected chi connectivity index (χ1v) is 11.7. The number of halogens is 3. The van der Waals surface area contributed by atoms with Gasteiger partial charge in [0.15, 0.2) is 6.61 Å². The number of carbonyl (C=O) groups excluding carboxylic acids is 1. The Balaban J connectivity index is 1.73. The Morgan fingerprint density at radius 1 is 1.32 bits per heavy atom. The minimum absolute atomic E-state index is 0.140. The van der Waals surface area contributed by atoms with Crippen molar-refractivity contribution in [2.45, 2.75) is 31.4 Å². The van der Waals surface area contributed by atoms with E-state index in [0.717, 1.165) is 40.7 Å². The van der Waals surface area contributed by atoms with Gasteiger partial charge in [-0.2, -0.15) is 13.2 Å². The number of rotatable bonds is 7. The van der Waals surface area contributed by atoms with E-state index in [2.05, 4.69) is 20.0 Å². The van der Waals surface area contributed by atoms with Gasteiger partial charge in [-0.15, -0.1) is 0 Å². The number of ether oxygens (including phenoxy) is 1. The summed E-state index contributed by atoms with van der Waals surface area (Å²) in [5.74, 6) is -2.18. The van der Waals surface area contributed by atoms with Crippen molar-refractivity contribution >= 4 is 27.6 Å². The van der Waals surface area contributed by atoms with Crippen LogP contribution in [0.2, 0.25) is 0 Å². The van der Waals surface area contributed by atoms with Gasteiger partial charge in [-0.1, -0.05) is 6.07 Å². The fourth-order valence-electron chi connectivity index (χ4n) is 3.52. The number of aryl methyl sites for hydroxylation is 1. The van der Waals surface area contributed by atoms with Gasteiger partial charge in [-0.3, -0.25) is 10.2 Å². The van der Waals surface area contributed by atoms with Gasteiger partial charge >= 0.3 is 6.18 Å². The van der Waals surface area contributed by atoms with E-state index >= 15 is 0 Å². The number of amides is 1. The molecule has 4 N–H and O–H groups in total. The smallest absolute Gasteiger partial charge is 0.422 e. The van der Waals surface area contributed by atoms with E-state index in [1.54, 1.807) is 18.2 Å². The summed E-state index contributed by atoms with van der Waals surface area (Å²) in [5, 5.41) is 10.0. The molecule has 0 aliphatic heterocycles. The predicted molar refractivity (Wildman–Crippen MR) is 117 cm³/mol. The van der Waals surface area contributed by atoms with Crippen molar-refractivity contribution in [2.24, 2.45) is 5.73 Å². The van der Waals surface area contributed by atoms with Gasteiger partial charge in [0.05, 0.1) is 18.1 Å². The van der Waals surface area contributed by atoms with E-state index in [1.165, 1.54) is 7.05 Å². The number of fused-ring (bicyclic) bond motifs is 1. The summed E-state index contributed by atoms with van der Waals surface area (Å²) < 4.78 is 67.0. The number of nitrogens with one attached hydrogen (secondary N) is 2. The maximum absolute atomic E-state index is 12.6. The summed E-state index contributed by atoms with van der Waals surface area (Å²) >= 11 is 0. The Hall–Kier alpha value is -3.42. The number of sulfonamides is 1. The van der Waals surface area contributed by atoms with E-state index < -0.39 is 34.7 Å². The molecule has 34 heavy (non-hydrogen) atoms. The molecule has 1 heterocycles. The molecule has 0 bridgehead atoms.